The Morgan fingerprint density at radius 2 is 2.07 bits per heavy atom. The zero-order chi connectivity index (χ0) is 21.4. The summed E-state index contributed by atoms with van der Waals surface area (Å²) in [6.07, 6.45) is 1.83. The molecule has 0 bridgehead atoms. The van der Waals surface area contributed by atoms with Crippen LogP contribution in [0.5, 0.6) is 0 Å². The number of hydrogen-bond acceptors (Lipinski definition) is 6. The van der Waals surface area contributed by atoms with Gasteiger partial charge in [0.2, 0.25) is 5.82 Å². The number of amides is 1. The average molecular weight is 408 g/mol. The second-order valence-corrected chi connectivity index (χ2v) is 6.80. The molecule has 0 saturated carbocycles. The molecule has 4 aromatic heterocycles. The van der Waals surface area contributed by atoms with Crippen LogP contribution in [-0.2, 0) is 17.9 Å². The Morgan fingerprint density at radius 3 is 2.77 bits per heavy atom. The number of carboxylic acids is 1. The minimum atomic E-state index is -0.914. The van der Waals surface area contributed by atoms with Crippen molar-refractivity contribution in [3.63, 3.8) is 0 Å². The van der Waals surface area contributed by atoms with E-state index in [0.29, 0.717) is 29.6 Å². The van der Waals surface area contributed by atoms with Gasteiger partial charge in [-0.15, -0.1) is 0 Å². The van der Waals surface area contributed by atoms with Crippen molar-refractivity contribution < 1.29 is 14.7 Å². The first-order valence-corrected chi connectivity index (χ1v) is 9.36. The standard InChI is InChI=1S/C19H20N8O3/c1-3-26-6-4-11-13(26)9-12(17(20)30)21-16(11)19-22-18(23-24-19)14-8-10(2)25-27(14)7-5-15(28)29/h4,6,8-9H,3,5,7H2,1-2H3,(H2,20,30)(H,28,29)(H,22,23,24). The van der Waals surface area contributed by atoms with E-state index in [9.17, 15) is 9.59 Å². The van der Waals surface area contributed by atoms with Gasteiger partial charge in [-0.3, -0.25) is 19.4 Å². The minimum Gasteiger partial charge on any atom is -0.481 e. The van der Waals surface area contributed by atoms with Crippen LogP contribution in [0, 0.1) is 6.92 Å². The van der Waals surface area contributed by atoms with Gasteiger partial charge in [-0.05, 0) is 32.0 Å². The second kappa shape index (κ2) is 7.43. The molecule has 30 heavy (non-hydrogen) atoms. The van der Waals surface area contributed by atoms with E-state index in [1.807, 2.05) is 30.7 Å². The van der Waals surface area contributed by atoms with Crippen LogP contribution in [0.15, 0.2) is 24.4 Å². The number of carbonyl (C=O) groups excluding carboxylic acids is 1. The first kappa shape index (κ1) is 19.3. The van der Waals surface area contributed by atoms with Gasteiger partial charge in [0.25, 0.3) is 5.91 Å². The third-order valence-electron chi connectivity index (χ3n) is 4.74. The van der Waals surface area contributed by atoms with E-state index in [1.165, 1.54) is 0 Å². The lowest BCUT2D eigenvalue weighted by molar-refractivity contribution is -0.137. The van der Waals surface area contributed by atoms with E-state index in [-0.39, 0.29) is 18.7 Å². The van der Waals surface area contributed by atoms with Crippen molar-refractivity contribution in [2.75, 3.05) is 0 Å². The van der Waals surface area contributed by atoms with E-state index in [1.54, 1.807) is 16.8 Å². The number of aromatic amines is 1. The number of aryl methyl sites for hydroxylation is 3. The van der Waals surface area contributed by atoms with Gasteiger partial charge in [0.05, 0.1) is 24.2 Å². The van der Waals surface area contributed by atoms with Crippen LogP contribution in [-0.4, -0.2) is 51.5 Å². The third kappa shape index (κ3) is 3.41. The Bertz CT molecular complexity index is 1270. The maximum atomic E-state index is 11.8. The van der Waals surface area contributed by atoms with E-state index in [0.717, 1.165) is 16.6 Å². The average Bonchev–Trinajstić information content (AvgIpc) is 3.42. The molecule has 1 amide bonds. The van der Waals surface area contributed by atoms with E-state index < -0.39 is 11.9 Å². The number of H-pyrrole nitrogens is 1. The molecule has 0 saturated heterocycles. The quantitative estimate of drug-likeness (QED) is 0.419. The van der Waals surface area contributed by atoms with Gasteiger partial charge in [-0.1, -0.05) is 0 Å². The molecule has 0 fully saturated rings. The molecule has 0 atom stereocenters. The maximum Gasteiger partial charge on any atom is 0.305 e. The van der Waals surface area contributed by atoms with Gasteiger partial charge in [0.1, 0.15) is 17.1 Å². The van der Waals surface area contributed by atoms with Gasteiger partial charge >= 0.3 is 5.97 Å². The summed E-state index contributed by atoms with van der Waals surface area (Å²) in [6.45, 7) is 4.72. The van der Waals surface area contributed by atoms with Crippen LogP contribution in [0.25, 0.3) is 33.9 Å². The number of hydrogen-bond donors (Lipinski definition) is 3. The molecule has 4 heterocycles. The molecule has 0 radical (unpaired) electrons. The monoisotopic (exact) mass is 408 g/mol. The second-order valence-electron chi connectivity index (χ2n) is 6.80. The number of aromatic nitrogens is 7. The Balaban J connectivity index is 1.80. The molecule has 0 aliphatic heterocycles. The van der Waals surface area contributed by atoms with Crippen LogP contribution < -0.4 is 5.73 Å². The highest BCUT2D eigenvalue weighted by Crippen LogP contribution is 2.28. The highest BCUT2D eigenvalue weighted by Gasteiger charge is 2.19. The van der Waals surface area contributed by atoms with Gasteiger partial charge in [0, 0.05) is 18.1 Å². The Labute approximate surface area is 170 Å². The molecule has 0 aromatic carbocycles. The lowest BCUT2D eigenvalue weighted by atomic mass is 10.2. The highest BCUT2D eigenvalue weighted by molar-refractivity contribution is 5.99. The molecule has 4 rings (SSSR count). The molecule has 11 nitrogen and oxygen atoms in total. The number of fused-ring (bicyclic) bond motifs is 1. The summed E-state index contributed by atoms with van der Waals surface area (Å²) in [7, 11) is 0. The van der Waals surface area contributed by atoms with Crippen molar-refractivity contribution in [3.8, 4) is 23.0 Å². The number of pyridine rings is 1. The number of nitrogens with zero attached hydrogens (tertiary/aromatic N) is 6. The van der Waals surface area contributed by atoms with Gasteiger partial charge < -0.3 is 15.4 Å². The largest absolute Gasteiger partial charge is 0.481 e. The molecular formula is C19H20N8O3. The highest BCUT2D eigenvalue weighted by atomic mass is 16.4. The number of nitrogens with one attached hydrogen (secondary N) is 1. The fraction of sp³-hybridized carbons (Fsp3) is 0.263. The summed E-state index contributed by atoms with van der Waals surface area (Å²) < 4.78 is 3.55. The third-order valence-corrected chi connectivity index (χ3v) is 4.74. The number of primary amides is 1. The Kier molecular flexibility index (Phi) is 4.78. The first-order chi connectivity index (χ1) is 14.4. The van der Waals surface area contributed by atoms with Crippen LogP contribution in [0.2, 0.25) is 0 Å². The Morgan fingerprint density at radius 1 is 1.27 bits per heavy atom. The van der Waals surface area contributed by atoms with Crippen molar-refractivity contribution in [2.45, 2.75) is 33.4 Å². The summed E-state index contributed by atoms with van der Waals surface area (Å²) in [5.41, 5.74) is 8.18. The molecule has 4 aromatic rings. The SMILES string of the molecule is CCn1ccc2c(-c3n[nH]c(-c4cc(C)nn4CCC(=O)O)n3)nc(C(N)=O)cc21. The fourth-order valence-electron chi connectivity index (χ4n) is 3.35. The Hall–Kier alpha value is -4.02. The summed E-state index contributed by atoms with van der Waals surface area (Å²) in [5.74, 6) is -0.830. The topological polar surface area (TPSA) is 158 Å². The van der Waals surface area contributed by atoms with E-state index in [2.05, 4.69) is 25.3 Å². The van der Waals surface area contributed by atoms with Crippen molar-refractivity contribution in [3.05, 3.63) is 35.8 Å². The van der Waals surface area contributed by atoms with Crippen molar-refractivity contribution >= 4 is 22.8 Å². The van der Waals surface area contributed by atoms with Crippen LogP contribution in [0.1, 0.15) is 29.5 Å². The number of carboxylic acid groups (broad SMARTS) is 1. The lowest BCUT2D eigenvalue weighted by Crippen LogP contribution is -2.14. The first-order valence-electron chi connectivity index (χ1n) is 9.36. The number of carbonyl (C=O) groups is 2. The zero-order valence-corrected chi connectivity index (χ0v) is 16.5. The number of nitrogens with two attached hydrogens (primary N) is 1. The van der Waals surface area contributed by atoms with Crippen molar-refractivity contribution in [1.82, 2.24) is 34.5 Å². The summed E-state index contributed by atoms with van der Waals surface area (Å²) in [6, 6.07) is 5.34. The molecule has 0 spiro atoms. The lowest BCUT2D eigenvalue weighted by Gasteiger charge is -2.05. The predicted molar refractivity (Wildman–Crippen MR) is 108 cm³/mol. The molecule has 4 N–H and O–H groups in total. The predicted octanol–water partition coefficient (Wildman–Crippen LogP) is 1.59. The molecule has 154 valence electrons. The summed E-state index contributed by atoms with van der Waals surface area (Å²) in [5, 5.41) is 21.2. The summed E-state index contributed by atoms with van der Waals surface area (Å²) in [4.78, 5) is 31.6. The van der Waals surface area contributed by atoms with Gasteiger partial charge in [-0.25, -0.2) is 9.97 Å². The van der Waals surface area contributed by atoms with E-state index >= 15 is 0 Å². The van der Waals surface area contributed by atoms with Crippen molar-refractivity contribution in [1.29, 1.82) is 0 Å². The molecule has 0 unspecified atom stereocenters. The number of aliphatic carboxylic acids is 1. The van der Waals surface area contributed by atoms with E-state index in [4.69, 9.17) is 10.8 Å². The molecular weight excluding hydrogens is 388 g/mol. The zero-order valence-electron chi connectivity index (χ0n) is 16.5. The van der Waals surface area contributed by atoms with Crippen LogP contribution in [0.4, 0.5) is 0 Å². The molecule has 0 aliphatic rings. The van der Waals surface area contributed by atoms with Crippen molar-refractivity contribution in [2.24, 2.45) is 5.73 Å². The molecule has 11 heteroatoms. The summed E-state index contributed by atoms with van der Waals surface area (Å²) >= 11 is 0. The normalized spacial score (nSPS) is 11.3. The van der Waals surface area contributed by atoms with Crippen LogP contribution >= 0.6 is 0 Å². The van der Waals surface area contributed by atoms with Gasteiger partial charge in [-0.2, -0.15) is 10.2 Å². The molecule has 0 aliphatic carbocycles. The minimum absolute atomic E-state index is 0.0670. The fourth-order valence-corrected chi connectivity index (χ4v) is 3.35. The smallest absolute Gasteiger partial charge is 0.305 e. The van der Waals surface area contributed by atoms with Crippen LogP contribution in [0.3, 0.4) is 0 Å². The maximum absolute atomic E-state index is 11.8. The van der Waals surface area contributed by atoms with Gasteiger partial charge in [0.15, 0.2) is 5.82 Å². The number of rotatable bonds is 7.